The van der Waals surface area contributed by atoms with Gasteiger partial charge in [0.2, 0.25) is 0 Å². The lowest BCUT2D eigenvalue weighted by Gasteiger charge is -2.01. The summed E-state index contributed by atoms with van der Waals surface area (Å²) in [5, 5.41) is 2.18. The van der Waals surface area contributed by atoms with Crippen molar-refractivity contribution in [2.24, 2.45) is 0 Å². The molecule has 3 nitrogen and oxygen atoms in total. The van der Waals surface area contributed by atoms with E-state index in [0.717, 1.165) is 0 Å². The van der Waals surface area contributed by atoms with E-state index >= 15 is 0 Å². The van der Waals surface area contributed by atoms with Crippen molar-refractivity contribution >= 4 is 11.8 Å². The highest BCUT2D eigenvalue weighted by atomic mass is 19.1. The minimum Gasteiger partial charge on any atom is -0.288 e. The highest BCUT2D eigenvalue weighted by molar-refractivity contribution is 6.22. The smallest absolute Gasteiger partial charge is 0.259 e. The lowest BCUT2D eigenvalue weighted by molar-refractivity contribution is 0.0879. The number of aryl methyl sites for hydroxylation is 1. The van der Waals surface area contributed by atoms with Gasteiger partial charge in [0.25, 0.3) is 11.8 Å². The summed E-state index contributed by atoms with van der Waals surface area (Å²) in [5.74, 6) is -0.820. The van der Waals surface area contributed by atoms with Crippen LogP contribution in [0.1, 0.15) is 26.3 Å². The predicted octanol–water partition coefficient (Wildman–Crippen LogP) is 1.08. The van der Waals surface area contributed by atoms with Crippen molar-refractivity contribution < 1.29 is 14.0 Å². The van der Waals surface area contributed by atoms with E-state index in [4.69, 9.17) is 0 Å². The zero-order valence-corrected chi connectivity index (χ0v) is 7.34. The van der Waals surface area contributed by atoms with E-state index in [-0.39, 0.29) is 6.42 Å². The summed E-state index contributed by atoms with van der Waals surface area (Å²) in [6, 6.07) is 4.88. The number of benzene rings is 1. The Morgan fingerprint density at radius 2 is 2.00 bits per heavy atom. The van der Waals surface area contributed by atoms with Crippen LogP contribution < -0.4 is 5.32 Å². The molecule has 0 bridgehead atoms. The van der Waals surface area contributed by atoms with E-state index in [1.807, 2.05) is 0 Å². The number of hydrogen-bond donors (Lipinski definition) is 1. The van der Waals surface area contributed by atoms with Crippen LogP contribution in [-0.4, -0.2) is 18.5 Å². The molecule has 72 valence electrons. The molecule has 1 aromatic rings. The van der Waals surface area contributed by atoms with Crippen LogP contribution in [0.2, 0.25) is 0 Å². The molecule has 0 fully saturated rings. The van der Waals surface area contributed by atoms with Crippen LogP contribution in [0.5, 0.6) is 0 Å². The molecule has 1 aliphatic rings. The molecule has 0 saturated carbocycles. The van der Waals surface area contributed by atoms with Crippen molar-refractivity contribution in [2.75, 3.05) is 6.67 Å². The summed E-state index contributed by atoms with van der Waals surface area (Å²) in [7, 11) is 0. The zero-order chi connectivity index (χ0) is 10.1. The molecule has 0 radical (unpaired) electrons. The number of halogens is 1. The van der Waals surface area contributed by atoms with Crippen LogP contribution in [0, 0.1) is 0 Å². The molecule has 4 heteroatoms. The number of hydrogen-bond acceptors (Lipinski definition) is 2. The summed E-state index contributed by atoms with van der Waals surface area (Å²) < 4.78 is 12.2. The Morgan fingerprint density at radius 1 is 1.21 bits per heavy atom. The molecule has 0 saturated heterocycles. The number of amides is 2. The second-order valence-corrected chi connectivity index (χ2v) is 3.06. The van der Waals surface area contributed by atoms with E-state index in [1.54, 1.807) is 18.2 Å². The largest absolute Gasteiger partial charge is 0.288 e. The van der Waals surface area contributed by atoms with Crippen molar-refractivity contribution in [1.82, 2.24) is 5.32 Å². The number of carbonyl (C=O) groups is 2. The van der Waals surface area contributed by atoms with Gasteiger partial charge < -0.3 is 0 Å². The molecular weight excluding hydrogens is 185 g/mol. The third-order valence-electron chi connectivity index (χ3n) is 2.21. The number of fused-ring (bicyclic) bond motifs is 1. The van der Waals surface area contributed by atoms with Crippen LogP contribution in [0.3, 0.4) is 0 Å². The molecule has 2 rings (SSSR count). The molecule has 0 aromatic heterocycles. The molecule has 0 atom stereocenters. The first-order valence-electron chi connectivity index (χ1n) is 4.27. The summed E-state index contributed by atoms with van der Waals surface area (Å²) in [4.78, 5) is 22.5. The first-order valence-corrected chi connectivity index (χ1v) is 4.27. The summed E-state index contributed by atoms with van der Waals surface area (Å²) >= 11 is 0. The van der Waals surface area contributed by atoms with Gasteiger partial charge in [0, 0.05) is 6.42 Å². The molecule has 0 aliphatic carbocycles. The van der Waals surface area contributed by atoms with Gasteiger partial charge in [-0.15, -0.1) is 0 Å². The third kappa shape index (κ3) is 1.19. The number of rotatable bonds is 2. The lowest BCUT2D eigenvalue weighted by atomic mass is 10.0. The lowest BCUT2D eigenvalue weighted by Crippen LogP contribution is -2.20. The van der Waals surface area contributed by atoms with E-state index in [2.05, 4.69) is 5.32 Å². The van der Waals surface area contributed by atoms with Crippen LogP contribution in [0.4, 0.5) is 4.39 Å². The maximum Gasteiger partial charge on any atom is 0.259 e. The zero-order valence-electron chi connectivity index (χ0n) is 7.34. The van der Waals surface area contributed by atoms with E-state index < -0.39 is 18.5 Å². The normalized spacial score (nSPS) is 14.1. The average Bonchev–Trinajstić information content (AvgIpc) is 2.44. The predicted molar refractivity (Wildman–Crippen MR) is 47.9 cm³/mol. The van der Waals surface area contributed by atoms with Gasteiger partial charge in [0.15, 0.2) is 0 Å². The number of imide groups is 1. The standard InChI is InChI=1S/C10H8FNO2/c11-5-4-6-2-1-3-7-8(6)10(14)12-9(7)13/h1-3H,4-5H2,(H,12,13,14). The van der Waals surface area contributed by atoms with Crippen molar-refractivity contribution in [3.05, 3.63) is 34.9 Å². The van der Waals surface area contributed by atoms with Crippen molar-refractivity contribution in [2.45, 2.75) is 6.42 Å². The van der Waals surface area contributed by atoms with Gasteiger partial charge in [-0.2, -0.15) is 0 Å². The van der Waals surface area contributed by atoms with E-state index in [0.29, 0.717) is 16.7 Å². The maximum atomic E-state index is 12.2. The van der Waals surface area contributed by atoms with E-state index in [9.17, 15) is 14.0 Å². The second kappa shape index (κ2) is 3.21. The highest BCUT2D eigenvalue weighted by Gasteiger charge is 2.28. The molecule has 2 amide bonds. The third-order valence-corrected chi connectivity index (χ3v) is 2.21. The topological polar surface area (TPSA) is 46.2 Å². The van der Waals surface area contributed by atoms with Crippen molar-refractivity contribution in [3.8, 4) is 0 Å². The summed E-state index contributed by atoms with van der Waals surface area (Å²) in [6.07, 6.45) is 0.171. The average molecular weight is 193 g/mol. The Balaban J connectivity index is 2.56. The van der Waals surface area contributed by atoms with E-state index in [1.165, 1.54) is 0 Å². The minimum absolute atomic E-state index is 0.171. The van der Waals surface area contributed by atoms with Gasteiger partial charge in [-0.25, -0.2) is 0 Å². The number of nitrogens with one attached hydrogen (secondary N) is 1. The molecule has 0 spiro atoms. The number of carbonyl (C=O) groups excluding carboxylic acids is 2. The fourth-order valence-electron chi connectivity index (χ4n) is 1.60. The Kier molecular flexibility index (Phi) is 2.04. The van der Waals surface area contributed by atoms with Crippen LogP contribution in [0.25, 0.3) is 0 Å². The molecule has 0 unspecified atom stereocenters. The fourth-order valence-corrected chi connectivity index (χ4v) is 1.60. The fraction of sp³-hybridized carbons (Fsp3) is 0.200. The highest BCUT2D eigenvalue weighted by Crippen LogP contribution is 2.20. The molecule has 1 aliphatic heterocycles. The summed E-state index contributed by atoms with van der Waals surface area (Å²) in [6.45, 7) is -0.530. The Hall–Kier alpha value is -1.71. The molecule has 1 aromatic carbocycles. The van der Waals surface area contributed by atoms with Gasteiger partial charge in [-0.05, 0) is 11.6 Å². The first-order chi connectivity index (χ1) is 6.74. The van der Waals surface area contributed by atoms with Crippen molar-refractivity contribution in [1.29, 1.82) is 0 Å². The molecule has 1 heterocycles. The first kappa shape index (κ1) is 8.87. The van der Waals surface area contributed by atoms with Gasteiger partial charge in [0.05, 0.1) is 17.8 Å². The van der Waals surface area contributed by atoms with Crippen LogP contribution in [-0.2, 0) is 6.42 Å². The Bertz CT molecular complexity index is 415. The van der Waals surface area contributed by atoms with Crippen LogP contribution in [0.15, 0.2) is 18.2 Å². The Labute approximate surface area is 79.9 Å². The SMILES string of the molecule is O=C1NC(=O)c2c(CCF)cccc21. The van der Waals surface area contributed by atoms with Gasteiger partial charge in [0.1, 0.15) is 0 Å². The molecular formula is C10H8FNO2. The van der Waals surface area contributed by atoms with Gasteiger partial charge in [-0.3, -0.25) is 19.3 Å². The summed E-state index contributed by atoms with van der Waals surface area (Å²) in [5.41, 5.74) is 1.27. The quantitative estimate of drug-likeness (QED) is 0.714. The maximum absolute atomic E-state index is 12.2. The minimum atomic E-state index is -0.530. The molecule has 1 N–H and O–H groups in total. The molecule has 14 heavy (non-hydrogen) atoms. The van der Waals surface area contributed by atoms with Crippen LogP contribution >= 0.6 is 0 Å². The van der Waals surface area contributed by atoms with Crippen molar-refractivity contribution in [3.63, 3.8) is 0 Å². The van der Waals surface area contributed by atoms with Gasteiger partial charge >= 0.3 is 0 Å². The van der Waals surface area contributed by atoms with Gasteiger partial charge in [-0.1, -0.05) is 12.1 Å². The second-order valence-electron chi connectivity index (χ2n) is 3.06. The Morgan fingerprint density at radius 3 is 2.71 bits per heavy atom. The number of alkyl halides is 1. The monoisotopic (exact) mass is 193 g/mol.